The van der Waals surface area contributed by atoms with Crippen LogP contribution in [0, 0.1) is 0 Å². The summed E-state index contributed by atoms with van der Waals surface area (Å²) in [6, 6.07) is 22.9. The van der Waals surface area contributed by atoms with E-state index in [-0.39, 0.29) is 0 Å². The number of benzene rings is 3. The van der Waals surface area contributed by atoms with Gasteiger partial charge in [0, 0.05) is 10.9 Å². The van der Waals surface area contributed by atoms with Crippen LogP contribution < -0.4 is 4.81 Å². The molecule has 4 heteroatoms. The van der Waals surface area contributed by atoms with Crippen molar-refractivity contribution < 1.29 is 10.4 Å². The van der Waals surface area contributed by atoms with Gasteiger partial charge in [0.1, 0.15) is 0 Å². The van der Waals surface area contributed by atoms with Gasteiger partial charge in [-0.1, -0.05) is 60.3 Å². The van der Waals surface area contributed by atoms with Gasteiger partial charge in [0.25, 0.3) is 0 Å². The van der Waals surface area contributed by atoms with Crippen molar-refractivity contribution >= 4 is 23.1 Å². The molecule has 0 bridgehead atoms. The molecule has 0 saturated heterocycles. The number of rotatable bonds is 1. The van der Waals surface area contributed by atoms with Crippen molar-refractivity contribution in [2.75, 3.05) is 0 Å². The molecule has 1 aliphatic heterocycles. The van der Waals surface area contributed by atoms with E-state index in [1.54, 1.807) is 17.8 Å². The second-order valence-corrected chi connectivity index (χ2v) is 6.27. The summed E-state index contributed by atoms with van der Waals surface area (Å²) >= 11 is 1.56. The van der Waals surface area contributed by atoms with E-state index in [1.807, 2.05) is 66.7 Å². The Hall–Kier alpha value is -2.11. The second kappa shape index (κ2) is 4.97. The van der Waals surface area contributed by atoms with E-state index in [9.17, 15) is 10.4 Å². The SMILES string of the molecule is O[N+]1(O)c2ccccc2Sc2cccc(-c3ccccc3)c21. The molecule has 108 valence electrons. The van der Waals surface area contributed by atoms with Gasteiger partial charge >= 0.3 is 0 Å². The molecule has 0 spiro atoms. The maximum absolute atomic E-state index is 10.8. The van der Waals surface area contributed by atoms with Crippen LogP contribution in [0.25, 0.3) is 11.1 Å². The van der Waals surface area contributed by atoms with Crippen molar-refractivity contribution in [3.05, 3.63) is 72.8 Å². The van der Waals surface area contributed by atoms with E-state index in [0.29, 0.717) is 11.4 Å². The van der Waals surface area contributed by atoms with Crippen LogP contribution in [0.3, 0.4) is 0 Å². The molecule has 4 rings (SSSR count). The highest BCUT2D eigenvalue weighted by molar-refractivity contribution is 7.99. The van der Waals surface area contributed by atoms with Gasteiger partial charge < -0.3 is 0 Å². The van der Waals surface area contributed by atoms with E-state index < -0.39 is 4.81 Å². The van der Waals surface area contributed by atoms with Crippen molar-refractivity contribution in [2.24, 2.45) is 0 Å². The molecule has 0 saturated carbocycles. The third-order valence-electron chi connectivity index (χ3n) is 3.82. The number of quaternary nitrogens is 1. The minimum atomic E-state index is -1.22. The van der Waals surface area contributed by atoms with Gasteiger partial charge in [-0.05, 0) is 23.8 Å². The third-order valence-corrected chi connectivity index (χ3v) is 4.93. The molecule has 22 heavy (non-hydrogen) atoms. The van der Waals surface area contributed by atoms with Crippen LogP contribution in [0.4, 0.5) is 11.4 Å². The van der Waals surface area contributed by atoms with Crippen molar-refractivity contribution in [1.29, 1.82) is 0 Å². The lowest BCUT2D eigenvalue weighted by Gasteiger charge is -2.29. The molecule has 0 aromatic heterocycles. The molecule has 0 radical (unpaired) electrons. The van der Waals surface area contributed by atoms with Crippen LogP contribution in [-0.4, -0.2) is 10.4 Å². The zero-order valence-electron chi connectivity index (χ0n) is 11.7. The normalized spacial score (nSPS) is 15.0. The topological polar surface area (TPSA) is 40.5 Å². The molecule has 0 amide bonds. The fourth-order valence-electron chi connectivity index (χ4n) is 2.82. The van der Waals surface area contributed by atoms with Gasteiger partial charge in [-0.3, -0.25) is 0 Å². The van der Waals surface area contributed by atoms with E-state index in [1.165, 1.54) is 0 Å². The summed E-state index contributed by atoms with van der Waals surface area (Å²) in [6.45, 7) is 0. The van der Waals surface area contributed by atoms with Gasteiger partial charge in [0.2, 0.25) is 11.4 Å². The average Bonchev–Trinajstić information content (AvgIpc) is 2.55. The van der Waals surface area contributed by atoms with E-state index in [4.69, 9.17) is 0 Å². The highest BCUT2D eigenvalue weighted by atomic mass is 32.2. The van der Waals surface area contributed by atoms with Crippen LogP contribution in [0.5, 0.6) is 0 Å². The minimum Gasteiger partial charge on any atom is -0.171 e. The van der Waals surface area contributed by atoms with E-state index >= 15 is 0 Å². The molecule has 0 aliphatic carbocycles. The summed E-state index contributed by atoms with van der Waals surface area (Å²) in [5.74, 6) is 0. The maximum atomic E-state index is 10.8. The van der Waals surface area contributed by atoms with Crippen LogP contribution in [0.2, 0.25) is 0 Å². The Morgan fingerprint density at radius 1 is 0.682 bits per heavy atom. The summed E-state index contributed by atoms with van der Waals surface area (Å²) < 4.78 is 0. The smallest absolute Gasteiger partial charge is 0.171 e. The Bertz CT molecular complexity index is 847. The van der Waals surface area contributed by atoms with Gasteiger partial charge in [0.15, 0.2) is 0 Å². The predicted molar refractivity (Wildman–Crippen MR) is 87.5 cm³/mol. The summed E-state index contributed by atoms with van der Waals surface area (Å²) in [5, 5.41) is 21.6. The molecular formula is C18H14NO2S+. The average molecular weight is 308 g/mol. The molecule has 0 unspecified atom stereocenters. The zero-order valence-corrected chi connectivity index (χ0v) is 12.5. The van der Waals surface area contributed by atoms with Crippen molar-refractivity contribution in [2.45, 2.75) is 9.79 Å². The van der Waals surface area contributed by atoms with E-state index in [0.717, 1.165) is 20.9 Å². The standard InChI is InChI=1S/C18H14NO2S/c20-19(21)15-10-4-5-11-16(15)22-17-12-6-9-14(18(17)19)13-7-2-1-3-8-13/h1-12,20-21H/q+1. The first kappa shape index (κ1) is 13.5. The Kier molecular flexibility index (Phi) is 3.06. The number of nitrogens with zero attached hydrogens (tertiary/aromatic N) is 1. The van der Waals surface area contributed by atoms with Crippen molar-refractivity contribution in [3.8, 4) is 11.1 Å². The largest absolute Gasteiger partial charge is 0.227 e. The first-order chi connectivity index (χ1) is 10.7. The summed E-state index contributed by atoms with van der Waals surface area (Å²) in [4.78, 5) is 0.485. The molecule has 2 N–H and O–H groups in total. The number of hydrogen-bond acceptors (Lipinski definition) is 3. The Balaban J connectivity index is 1.99. The second-order valence-electron chi connectivity index (χ2n) is 5.19. The lowest BCUT2D eigenvalue weighted by molar-refractivity contribution is -0.248. The molecule has 1 heterocycles. The predicted octanol–water partition coefficient (Wildman–Crippen LogP) is 5.24. The van der Waals surface area contributed by atoms with Crippen LogP contribution >= 0.6 is 11.8 Å². The van der Waals surface area contributed by atoms with Crippen LogP contribution in [-0.2, 0) is 0 Å². The number of hydrogen-bond donors (Lipinski definition) is 2. The van der Waals surface area contributed by atoms with Crippen LogP contribution in [0.15, 0.2) is 82.6 Å². The maximum Gasteiger partial charge on any atom is 0.227 e. The van der Waals surface area contributed by atoms with Gasteiger partial charge in [-0.15, -0.1) is 0 Å². The van der Waals surface area contributed by atoms with Crippen LogP contribution in [0.1, 0.15) is 0 Å². The van der Waals surface area contributed by atoms with Gasteiger partial charge in [0.05, 0.1) is 15.4 Å². The molecule has 3 aromatic carbocycles. The summed E-state index contributed by atoms with van der Waals surface area (Å²) in [5.41, 5.74) is 2.76. The lowest BCUT2D eigenvalue weighted by atomic mass is 10.0. The lowest BCUT2D eigenvalue weighted by Crippen LogP contribution is -2.39. The number of fused-ring (bicyclic) bond motifs is 2. The highest BCUT2D eigenvalue weighted by Crippen LogP contribution is 2.53. The minimum absolute atomic E-state index is 0.475. The van der Waals surface area contributed by atoms with Gasteiger partial charge in [-0.2, -0.15) is 10.4 Å². The molecule has 0 fully saturated rings. The molecule has 3 aromatic rings. The molecule has 3 nitrogen and oxygen atoms in total. The Morgan fingerprint density at radius 2 is 1.36 bits per heavy atom. The fraction of sp³-hybridized carbons (Fsp3) is 0. The molecule has 1 aliphatic rings. The molecular weight excluding hydrogens is 294 g/mol. The summed E-state index contributed by atoms with van der Waals surface area (Å²) in [7, 11) is 0. The third kappa shape index (κ3) is 1.97. The first-order valence-corrected chi connectivity index (χ1v) is 7.80. The fourth-order valence-corrected chi connectivity index (χ4v) is 3.98. The van der Waals surface area contributed by atoms with E-state index in [2.05, 4.69) is 0 Å². The zero-order chi connectivity index (χ0) is 15.2. The monoisotopic (exact) mass is 308 g/mol. The highest BCUT2D eigenvalue weighted by Gasteiger charge is 2.42. The number of para-hydroxylation sites is 2. The first-order valence-electron chi connectivity index (χ1n) is 6.99. The van der Waals surface area contributed by atoms with Crippen molar-refractivity contribution in [3.63, 3.8) is 0 Å². The van der Waals surface area contributed by atoms with Crippen molar-refractivity contribution in [1.82, 2.24) is 4.81 Å². The molecule has 0 atom stereocenters. The quantitative estimate of drug-likeness (QED) is 0.604. The summed E-state index contributed by atoms with van der Waals surface area (Å²) in [6.07, 6.45) is 0. The Morgan fingerprint density at radius 3 is 2.18 bits per heavy atom. The van der Waals surface area contributed by atoms with Gasteiger partial charge in [-0.25, -0.2) is 0 Å². The Labute approximate surface area is 132 Å².